The second-order valence-electron chi connectivity index (χ2n) is 6.47. The number of hydrogen-bond donors (Lipinski definition) is 1. The summed E-state index contributed by atoms with van der Waals surface area (Å²) in [6.45, 7) is 4.54. The molecule has 5 rings (SSSR count). The maximum absolute atomic E-state index is 12.7. The van der Waals surface area contributed by atoms with Gasteiger partial charge >= 0.3 is 0 Å². The van der Waals surface area contributed by atoms with Gasteiger partial charge in [0.2, 0.25) is 0 Å². The summed E-state index contributed by atoms with van der Waals surface area (Å²) in [6.07, 6.45) is 5.95. The van der Waals surface area contributed by atoms with E-state index in [0.29, 0.717) is 17.7 Å². The predicted molar refractivity (Wildman–Crippen MR) is 90.8 cm³/mol. The minimum atomic E-state index is -0.0750. The number of furan rings is 1. The van der Waals surface area contributed by atoms with Gasteiger partial charge in [-0.15, -0.1) is 11.8 Å². The Kier molecular flexibility index (Phi) is 3.81. The maximum atomic E-state index is 12.7. The summed E-state index contributed by atoms with van der Waals surface area (Å²) in [5.74, 6) is 0.519. The molecule has 0 spiro atoms. The molecule has 2 atom stereocenters. The van der Waals surface area contributed by atoms with Gasteiger partial charge in [0.25, 0.3) is 5.91 Å². The largest absolute Gasteiger partial charge is 0.461 e. The Morgan fingerprint density at radius 2 is 2.22 bits per heavy atom. The molecule has 3 aliphatic rings. The molecule has 2 aromatic rings. The van der Waals surface area contributed by atoms with Crippen molar-refractivity contribution >= 4 is 28.6 Å². The molecule has 0 aromatic carbocycles. The van der Waals surface area contributed by atoms with E-state index in [1.807, 2.05) is 18.4 Å². The third-order valence-electron chi connectivity index (χ3n) is 5.31. The first-order valence-electron chi connectivity index (χ1n) is 8.14. The van der Waals surface area contributed by atoms with Crippen LogP contribution in [-0.4, -0.2) is 47.2 Å². The maximum Gasteiger partial charge on any atom is 0.270 e. The highest BCUT2D eigenvalue weighted by Gasteiger charge is 2.40. The smallest absolute Gasteiger partial charge is 0.270 e. The Bertz CT molecular complexity index is 735. The number of thioether (sulfide) groups is 1. The third kappa shape index (κ3) is 2.54. The summed E-state index contributed by atoms with van der Waals surface area (Å²) in [7, 11) is 0. The van der Waals surface area contributed by atoms with Crippen molar-refractivity contribution in [1.82, 2.24) is 15.2 Å². The van der Waals surface area contributed by atoms with Crippen LogP contribution in [0.4, 0.5) is 0 Å². The fourth-order valence-electron chi connectivity index (χ4n) is 3.97. The van der Waals surface area contributed by atoms with E-state index < -0.39 is 0 Å². The Labute approximate surface area is 139 Å². The Balaban J connectivity index is 1.59. The van der Waals surface area contributed by atoms with Crippen LogP contribution in [0.1, 0.15) is 30.3 Å². The molecule has 122 valence electrons. The van der Waals surface area contributed by atoms with Gasteiger partial charge in [0.1, 0.15) is 10.7 Å². The molecule has 3 saturated heterocycles. The monoisotopic (exact) mass is 331 g/mol. The first-order valence-corrected chi connectivity index (χ1v) is 9.37. The lowest BCUT2D eigenvalue weighted by molar-refractivity contribution is 0.0216. The molecular formula is C17H21N3O2S. The lowest BCUT2D eigenvalue weighted by Crippen LogP contribution is -2.62. The number of nitrogens with one attached hydrogen (secondary N) is 1. The Hall–Kier alpha value is -1.53. The molecule has 0 aliphatic carbocycles. The van der Waals surface area contributed by atoms with E-state index in [4.69, 9.17) is 4.42 Å². The number of piperidine rings is 3. The van der Waals surface area contributed by atoms with Crippen molar-refractivity contribution in [3.63, 3.8) is 0 Å². The number of aromatic nitrogens is 1. The van der Waals surface area contributed by atoms with Crippen molar-refractivity contribution in [3.8, 4) is 0 Å². The number of carbonyl (C=O) groups excluding carboxylic acids is 1. The third-order valence-corrected chi connectivity index (χ3v) is 5.97. The van der Waals surface area contributed by atoms with Gasteiger partial charge < -0.3 is 9.73 Å². The van der Waals surface area contributed by atoms with E-state index in [0.717, 1.165) is 29.1 Å². The molecular weight excluding hydrogens is 310 g/mol. The molecule has 0 unspecified atom stereocenters. The normalized spacial score (nSPS) is 29.8. The van der Waals surface area contributed by atoms with Gasteiger partial charge in [-0.05, 0) is 57.2 Å². The highest BCUT2D eigenvalue weighted by atomic mass is 32.2. The van der Waals surface area contributed by atoms with Gasteiger partial charge in [0, 0.05) is 17.5 Å². The molecule has 2 bridgehead atoms. The van der Waals surface area contributed by atoms with Gasteiger partial charge in [-0.3, -0.25) is 9.69 Å². The number of pyridine rings is 1. The first kappa shape index (κ1) is 15.0. The first-order chi connectivity index (χ1) is 11.2. The summed E-state index contributed by atoms with van der Waals surface area (Å²) in [5, 5.41) is 4.93. The van der Waals surface area contributed by atoms with Crippen LogP contribution in [0, 0.1) is 5.92 Å². The van der Waals surface area contributed by atoms with Crippen LogP contribution in [0.15, 0.2) is 27.8 Å². The zero-order valence-corrected chi connectivity index (χ0v) is 14.2. The molecule has 2 aromatic heterocycles. The van der Waals surface area contributed by atoms with Gasteiger partial charge in [0.05, 0.1) is 6.26 Å². The molecule has 5 nitrogen and oxygen atoms in total. The Morgan fingerprint density at radius 1 is 1.43 bits per heavy atom. The molecule has 1 N–H and O–H groups in total. The zero-order chi connectivity index (χ0) is 16.0. The van der Waals surface area contributed by atoms with Crippen molar-refractivity contribution in [2.24, 2.45) is 5.92 Å². The number of nitrogens with zero attached hydrogens (tertiary/aromatic N) is 2. The lowest BCUT2D eigenvalue weighted by Gasteiger charge is -2.49. The fourth-order valence-corrected chi connectivity index (χ4v) is 4.51. The highest BCUT2D eigenvalue weighted by molar-refractivity contribution is 7.98. The molecule has 3 aliphatic heterocycles. The number of carbonyl (C=O) groups is 1. The number of rotatable bonds is 3. The fraction of sp³-hybridized carbons (Fsp3) is 0.529. The van der Waals surface area contributed by atoms with E-state index in [2.05, 4.69) is 22.1 Å². The molecule has 1 amide bonds. The SMILES string of the molecule is CSc1nc(C(=O)N[C@@H]2C3CCN(CC3)[C@H]2C)cc2ccoc12. The van der Waals surface area contributed by atoms with E-state index >= 15 is 0 Å². The molecule has 5 heterocycles. The van der Waals surface area contributed by atoms with Crippen molar-refractivity contribution < 1.29 is 9.21 Å². The van der Waals surface area contributed by atoms with Gasteiger partial charge in [-0.1, -0.05) is 0 Å². The highest BCUT2D eigenvalue weighted by Crippen LogP contribution is 2.32. The molecule has 23 heavy (non-hydrogen) atoms. The second kappa shape index (κ2) is 5.83. The van der Waals surface area contributed by atoms with Crippen LogP contribution in [-0.2, 0) is 0 Å². The van der Waals surface area contributed by atoms with Crippen LogP contribution >= 0.6 is 11.8 Å². The van der Waals surface area contributed by atoms with Crippen molar-refractivity contribution in [3.05, 3.63) is 24.1 Å². The summed E-state index contributed by atoms with van der Waals surface area (Å²) in [5.41, 5.74) is 1.23. The topological polar surface area (TPSA) is 58.4 Å². The summed E-state index contributed by atoms with van der Waals surface area (Å²) in [4.78, 5) is 19.7. The van der Waals surface area contributed by atoms with E-state index in [-0.39, 0.29) is 11.9 Å². The average molecular weight is 331 g/mol. The predicted octanol–water partition coefficient (Wildman–Crippen LogP) is 2.76. The van der Waals surface area contributed by atoms with Crippen LogP contribution in [0.2, 0.25) is 0 Å². The lowest BCUT2D eigenvalue weighted by atomic mass is 9.79. The van der Waals surface area contributed by atoms with Crippen molar-refractivity contribution in [2.45, 2.75) is 36.9 Å². The van der Waals surface area contributed by atoms with Crippen LogP contribution < -0.4 is 5.32 Å². The van der Waals surface area contributed by atoms with Crippen LogP contribution in [0.3, 0.4) is 0 Å². The zero-order valence-electron chi connectivity index (χ0n) is 13.4. The van der Waals surface area contributed by atoms with E-state index in [1.54, 1.807) is 6.26 Å². The molecule has 6 heteroatoms. The van der Waals surface area contributed by atoms with Crippen LogP contribution in [0.25, 0.3) is 11.0 Å². The molecule has 0 radical (unpaired) electrons. The summed E-state index contributed by atoms with van der Waals surface area (Å²) < 4.78 is 5.46. The van der Waals surface area contributed by atoms with Crippen molar-refractivity contribution in [1.29, 1.82) is 0 Å². The summed E-state index contributed by atoms with van der Waals surface area (Å²) in [6, 6.07) is 4.33. The standard InChI is InChI=1S/C17H21N3O2S/c1-10-14(11-3-6-20(10)7-4-11)19-16(21)13-9-12-5-8-22-15(12)17(18-13)23-2/h5,8-11,14H,3-4,6-7H2,1-2H3,(H,19,21)/t10-,14-/m0/s1. The van der Waals surface area contributed by atoms with Gasteiger partial charge in [-0.2, -0.15) is 0 Å². The van der Waals surface area contributed by atoms with Crippen LogP contribution in [0.5, 0.6) is 0 Å². The molecule has 3 fully saturated rings. The summed E-state index contributed by atoms with van der Waals surface area (Å²) >= 11 is 1.50. The second-order valence-corrected chi connectivity index (χ2v) is 7.26. The molecule has 0 saturated carbocycles. The number of hydrogen-bond acceptors (Lipinski definition) is 5. The van der Waals surface area contributed by atoms with E-state index in [1.165, 1.54) is 24.6 Å². The van der Waals surface area contributed by atoms with Gasteiger partial charge in [-0.25, -0.2) is 4.98 Å². The quantitative estimate of drug-likeness (QED) is 0.877. The van der Waals surface area contributed by atoms with Crippen molar-refractivity contribution in [2.75, 3.05) is 19.3 Å². The van der Waals surface area contributed by atoms with Gasteiger partial charge in [0.15, 0.2) is 5.58 Å². The Morgan fingerprint density at radius 3 is 2.91 bits per heavy atom. The number of amides is 1. The average Bonchev–Trinajstić information content (AvgIpc) is 3.06. The minimum absolute atomic E-state index is 0.0750. The minimum Gasteiger partial charge on any atom is -0.461 e. The number of fused-ring (bicyclic) bond motifs is 4. The van der Waals surface area contributed by atoms with E-state index in [9.17, 15) is 4.79 Å².